The number of aromatic nitrogens is 4. The second-order valence-corrected chi connectivity index (χ2v) is 7.87. The second kappa shape index (κ2) is 7.55. The molecule has 0 aromatic carbocycles. The third-order valence-corrected chi connectivity index (χ3v) is 5.71. The molecule has 1 saturated heterocycles. The molecule has 0 saturated carbocycles. The van der Waals surface area contributed by atoms with Crippen LogP contribution in [0, 0.1) is 0 Å². The Kier molecular flexibility index (Phi) is 5.28. The van der Waals surface area contributed by atoms with Crippen LogP contribution in [0.4, 0.5) is 5.82 Å². The second-order valence-electron chi connectivity index (χ2n) is 7.48. The molecule has 0 spiro atoms. The Balaban J connectivity index is 1.71. The number of halogens is 1. The maximum atomic E-state index is 13.4. The molecule has 0 bridgehead atoms. The molecule has 1 unspecified atom stereocenters. The Bertz CT molecular complexity index is 1110. The molecule has 6 nitrogen and oxygen atoms in total. The smallest absolute Gasteiger partial charge is 0.224 e. The molecule has 140 valence electrons. The van der Waals surface area contributed by atoms with Crippen molar-refractivity contribution in [2.24, 2.45) is 0 Å². The maximum absolute atomic E-state index is 13.4. The Hall–Kier alpha value is -2.54. The minimum atomic E-state index is -2.05. The average molecular weight is 415 g/mol. The van der Waals surface area contributed by atoms with Gasteiger partial charge in [-0.05, 0) is 47.7 Å². The third kappa shape index (κ3) is 3.39. The number of rotatable bonds is 4. The number of anilines is 1. The third-order valence-electron chi connectivity index (χ3n) is 5.48. The number of carbonyl (C=O) groups is 1. The Labute approximate surface area is 191 Å². The Morgan fingerprint density at radius 2 is 1.65 bits per heavy atom. The van der Waals surface area contributed by atoms with Crippen LogP contribution in [0.2, 0.25) is 15.7 Å². The molecular formula is C19H11B5ClN5O. The molecular weight excluding hydrogens is 404 g/mol. The summed E-state index contributed by atoms with van der Waals surface area (Å²) in [5, 5.41) is 2.63. The fraction of sp³-hybridized carbons (Fsp3) is 0.211. The molecule has 3 aromatic rings. The fourth-order valence-electron chi connectivity index (χ4n) is 3.56. The van der Waals surface area contributed by atoms with Gasteiger partial charge in [-0.15, -0.1) is 10.2 Å². The van der Waals surface area contributed by atoms with E-state index in [0.717, 1.165) is 10.5 Å². The van der Waals surface area contributed by atoms with Crippen LogP contribution >= 0.6 is 11.6 Å². The number of nitrogens with zero attached hydrogens (tertiary/aromatic N) is 5. The van der Waals surface area contributed by atoms with Gasteiger partial charge in [0.1, 0.15) is 5.15 Å². The molecule has 12 heteroatoms. The van der Waals surface area contributed by atoms with Crippen molar-refractivity contribution in [3.63, 3.8) is 0 Å². The first-order chi connectivity index (χ1) is 14.6. The summed E-state index contributed by atoms with van der Waals surface area (Å²) in [7, 11) is 31.6. The van der Waals surface area contributed by atoms with Gasteiger partial charge in [-0.3, -0.25) is 9.78 Å². The average Bonchev–Trinajstić information content (AvgIpc) is 2.85. The van der Waals surface area contributed by atoms with Crippen molar-refractivity contribution in [1.82, 2.24) is 20.2 Å². The lowest BCUT2D eigenvalue weighted by atomic mass is 9.25. The predicted octanol–water partition coefficient (Wildman–Crippen LogP) is 0.947. The van der Waals surface area contributed by atoms with Crippen molar-refractivity contribution in [3.8, 4) is 11.3 Å². The van der Waals surface area contributed by atoms with Gasteiger partial charge in [0.05, 0.1) is 44.9 Å². The summed E-state index contributed by atoms with van der Waals surface area (Å²) in [5.41, 5.74) is 1.94. The first kappa shape index (κ1) is 21.7. The van der Waals surface area contributed by atoms with E-state index in [1.165, 1.54) is 6.20 Å². The van der Waals surface area contributed by atoms with Gasteiger partial charge in [-0.2, -0.15) is 0 Å². The Morgan fingerprint density at radius 3 is 2.23 bits per heavy atom. The topological polar surface area (TPSA) is 71.9 Å². The first-order valence-corrected chi connectivity index (χ1v) is 9.59. The first-order valence-electron chi connectivity index (χ1n) is 9.21. The molecule has 4 heterocycles. The van der Waals surface area contributed by atoms with Crippen LogP contribution in [0.3, 0.4) is 0 Å². The zero-order valence-corrected chi connectivity index (χ0v) is 17.1. The Morgan fingerprint density at radius 1 is 0.935 bits per heavy atom. The summed E-state index contributed by atoms with van der Waals surface area (Å²) in [5.74, 6) is -0.627. The van der Waals surface area contributed by atoms with Crippen molar-refractivity contribution >= 4 is 62.6 Å². The van der Waals surface area contributed by atoms with E-state index in [-0.39, 0.29) is 17.4 Å². The number of pyridine rings is 2. The molecule has 1 atom stereocenters. The molecule has 1 aliphatic heterocycles. The molecule has 0 aliphatic carbocycles. The molecule has 4 rings (SSSR count). The van der Waals surface area contributed by atoms with Crippen LogP contribution < -0.4 is 4.90 Å². The summed E-state index contributed by atoms with van der Waals surface area (Å²) in [6.07, 6.45) is 4.66. The number of amides is 1. The zero-order chi connectivity index (χ0) is 22.4. The van der Waals surface area contributed by atoms with Crippen molar-refractivity contribution in [3.05, 3.63) is 65.7 Å². The summed E-state index contributed by atoms with van der Waals surface area (Å²) >= 11 is 5.83. The van der Waals surface area contributed by atoms with E-state index in [4.69, 9.17) is 50.8 Å². The normalized spacial score (nSPS) is 21.8. The highest BCUT2D eigenvalue weighted by atomic mass is 35.5. The van der Waals surface area contributed by atoms with E-state index >= 15 is 0 Å². The van der Waals surface area contributed by atoms with Crippen LogP contribution in [-0.2, 0) is 11.2 Å². The molecule has 1 fully saturated rings. The van der Waals surface area contributed by atoms with Crippen LogP contribution in [-0.4, -0.2) is 70.6 Å². The maximum Gasteiger partial charge on any atom is 0.224 e. The van der Waals surface area contributed by atoms with Gasteiger partial charge in [0.25, 0.3) is 0 Å². The van der Waals surface area contributed by atoms with Gasteiger partial charge < -0.3 is 4.90 Å². The predicted molar refractivity (Wildman–Crippen MR) is 123 cm³/mol. The summed E-state index contributed by atoms with van der Waals surface area (Å²) in [4.78, 5) is 22.4. The van der Waals surface area contributed by atoms with Crippen LogP contribution in [0.25, 0.3) is 11.3 Å². The van der Waals surface area contributed by atoms with Gasteiger partial charge in [-0.1, -0.05) is 22.9 Å². The van der Waals surface area contributed by atoms with E-state index < -0.39 is 21.8 Å². The molecule has 3 aromatic heterocycles. The SMILES string of the molecule is [B]C1(Cc2ccc(Cl)nc2)C(=O)N(c2ccc(-c3ccncc3)nn2)C([B])([B])C1([B])[B]. The zero-order valence-electron chi connectivity index (χ0n) is 16.3. The molecule has 1 amide bonds. The lowest BCUT2D eigenvalue weighted by Crippen LogP contribution is -2.54. The summed E-state index contributed by atoms with van der Waals surface area (Å²) in [6.45, 7) is 0. The van der Waals surface area contributed by atoms with Gasteiger partial charge in [-0.25, -0.2) is 4.98 Å². The van der Waals surface area contributed by atoms with E-state index in [9.17, 15) is 4.79 Å². The largest absolute Gasteiger partial charge is 0.308 e. The lowest BCUT2D eigenvalue weighted by Gasteiger charge is -2.47. The summed E-state index contributed by atoms with van der Waals surface area (Å²) < 4.78 is 0. The van der Waals surface area contributed by atoms with Crippen LogP contribution in [0.5, 0.6) is 0 Å². The quantitative estimate of drug-likeness (QED) is 0.469. The van der Waals surface area contributed by atoms with E-state index in [1.807, 2.05) is 0 Å². The van der Waals surface area contributed by atoms with Gasteiger partial charge in [0.2, 0.25) is 5.91 Å². The number of hydrogen-bond acceptors (Lipinski definition) is 5. The highest BCUT2D eigenvalue weighted by molar-refractivity contribution is 6.64. The van der Waals surface area contributed by atoms with E-state index in [2.05, 4.69) is 20.2 Å². The number of carbonyl (C=O) groups excluding carboxylic acids is 1. The van der Waals surface area contributed by atoms with E-state index in [1.54, 1.807) is 48.8 Å². The standard InChI is InChI=1S/C19H11B5ClN5O/c20-17(9-11-1-3-14(25)27-10-11)16(31)30(19(23,24)18(17,21)22)15-4-2-13(28-29-15)12-5-7-26-8-6-12/h1-8,10H,9H2. The molecule has 10 radical (unpaired) electrons. The van der Waals surface area contributed by atoms with Crippen LogP contribution in [0.1, 0.15) is 5.56 Å². The highest BCUT2D eigenvalue weighted by Gasteiger charge is 2.63. The van der Waals surface area contributed by atoms with Gasteiger partial charge >= 0.3 is 0 Å². The molecule has 1 aliphatic rings. The van der Waals surface area contributed by atoms with Crippen molar-refractivity contribution in [2.45, 2.75) is 22.3 Å². The van der Waals surface area contributed by atoms with Gasteiger partial charge in [0.15, 0.2) is 5.82 Å². The van der Waals surface area contributed by atoms with Crippen LogP contribution in [0.15, 0.2) is 55.0 Å². The molecule has 31 heavy (non-hydrogen) atoms. The minimum Gasteiger partial charge on any atom is -0.308 e. The fourth-order valence-corrected chi connectivity index (χ4v) is 3.67. The highest BCUT2D eigenvalue weighted by Crippen LogP contribution is 2.61. The number of hydrogen-bond donors (Lipinski definition) is 0. The molecule has 0 N–H and O–H groups in total. The van der Waals surface area contributed by atoms with Crippen molar-refractivity contribution in [1.29, 1.82) is 0 Å². The monoisotopic (exact) mass is 415 g/mol. The van der Waals surface area contributed by atoms with Gasteiger partial charge in [0, 0.05) is 29.5 Å². The van der Waals surface area contributed by atoms with E-state index in [0.29, 0.717) is 11.3 Å². The van der Waals surface area contributed by atoms with Crippen molar-refractivity contribution in [2.75, 3.05) is 4.90 Å². The minimum absolute atomic E-state index is 0.0645. The van der Waals surface area contributed by atoms with Crippen molar-refractivity contribution < 1.29 is 4.79 Å². The lowest BCUT2D eigenvalue weighted by molar-refractivity contribution is -0.119. The summed E-state index contributed by atoms with van der Waals surface area (Å²) in [6, 6.07) is 9.98.